The Morgan fingerprint density at radius 3 is 2.27 bits per heavy atom. The van der Waals surface area contributed by atoms with Crippen LogP contribution in [-0.2, 0) is 4.79 Å². The van der Waals surface area contributed by atoms with E-state index in [4.69, 9.17) is 10.2 Å². The number of aliphatic hydroxyl groups is 1. The minimum absolute atomic E-state index is 0.0380. The summed E-state index contributed by atoms with van der Waals surface area (Å²) in [4.78, 5) is 10.5. The Kier molecular flexibility index (Phi) is 4.86. The standard InChI is InChI=1S/C8H16O3/c1-6(2)5-7(3-4-9)8(10)11/h6-7,9H,3-5H2,1-2H3,(H,10,11)/t7-/m0/s1. The SMILES string of the molecule is CC(C)C[C@H](CCO)C(=O)O. The van der Waals surface area contributed by atoms with Crippen molar-refractivity contribution in [1.29, 1.82) is 0 Å². The summed E-state index contributed by atoms with van der Waals surface area (Å²) in [6, 6.07) is 0. The van der Waals surface area contributed by atoms with Crippen LogP contribution in [-0.4, -0.2) is 22.8 Å². The average Bonchev–Trinajstić information content (AvgIpc) is 1.86. The zero-order valence-corrected chi connectivity index (χ0v) is 7.08. The number of hydrogen-bond donors (Lipinski definition) is 2. The van der Waals surface area contributed by atoms with Gasteiger partial charge in [0.2, 0.25) is 0 Å². The quantitative estimate of drug-likeness (QED) is 0.633. The molecule has 3 nitrogen and oxygen atoms in total. The molecule has 0 heterocycles. The lowest BCUT2D eigenvalue weighted by atomic mass is 9.95. The number of carboxylic acid groups (broad SMARTS) is 1. The van der Waals surface area contributed by atoms with Gasteiger partial charge < -0.3 is 10.2 Å². The highest BCUT2D eigenvalue weighted by Gasteiger charge is 2.17. The number of hydrogen-bond acceptors (Lipinski definition) is 2. The van der Waals surface area contributed by atoms with Crippen molar-refractivity contribution in [1.82, 2.24) is 0 Å². The third-order valence-electron chi connectivity index (χ3n) is 1.58. The Morgan fingerprint density at radius 1 is 1.45 bits per heavy atom. The maximum atomic E-state index is 10.5. The molecule has 0 aromatic carbocycles. The fraction of sp³-hybridized carbons (Fsp3) is 0.875. The molecule has 66 valence electrons. The molecule has 1 atom stereocenters. The van der Waals surface area contributed by atoms with Gasteiger partial charge in [-0.05, 0) is 18.8 Å². The van der Waals surface area contributed by atoms with Crippen molar-refractivity contribution >= 4 is 5.97 Å². The van der Waals surface area contributed by atoms with Gasteiger partial charge in [0.05, 0.1) is 5.92 Å². The first-order valence-corrected chi connectivity index (χ1v) is 3.91. The molecule has 0 aromatic rings. The predicted molar refractivity (Wildman–Crippen MR) is 42.3 cm³/mol. The molecule has 0 saturated carbocycles. The van der Waals surface area contributed by atoms with Gasteiger partial charge in [0, 0.05) is 6.61 Å². The summed E-state index contributed by atoms with van der Waals surface area (Å²) >= 11 is 0. The molecule has 0 radical (unpaired) electrons. The molecule has 2 N–H and O–H groups in total. The van der Waals surface area contributed by atoms with E-state index >= 15 is 0 Å². The third kappa shape index (κ3) is 4.79. The second-order valence-corrected chi connectivity index (χ2v) is 3.18. The number of aliphatic carboxylic acids is 1. The van der Waals surface area contributed by atoms with Gasteiger partial charge in [0.25, 0.3) is 0 Å². The van der Waals surface area contributed by atoms with Crippen molar-refractivity contribution in [2.75, 3.05) is 6.61 Å². The fourth-order valence-electron chi connectivity index (χ4n) is 1.07. The lowest BCUT2D eigenvalue weighted by molar-refractivity contribution is -0.142. The minimum Gasteiger partial charge on any atom is -0.481 e. The second-order valence-electron chi connectivity index (χ2n) is 3.18. The van der Waals surface area contributed by atoms with E-state index in [1.165, 1.54) is 0 Å². The Bertz CT molecular complexity index is 121. The van der Waals surface area contributed by atoms with Crippen LogP contribution in [0.5, 0.6) is 0 Å². The molecule has 0 unspecified atom stereocenters. The van der Waals surface area contributed by atoms with Gasteiger partial charge >= 0.3 is 5.97 Å². The molecular weight excluding hydrogens is 144 g/mol. The van der Waals surface area contributed by atoms with E-state index in [-0.39, 0.29) is 12.5 Å². The first kappa shape index (κ1) is 10.4. The van der Waals surface area contributed by atoms with Crippen LogP contribution in [0.25, 0.3) is 0 Å². The third-order valence-corrected chi connectivity index (χ3v) is 1.58. The lowest BCUT2D eigenvalue weighted by Crippen LogP contribution is -2.17. The van der Waals surface area contributed by atoms with E-state index in [0.717, 1.165) is 0 Å². The summed E-state index contributed by atoms with van der Waals surface area (Å²) in [5.74, 6) is -0.796. The average molecular weight is 160 g/mol. The number of rotatable bonds is 5. The Labute approximate surface area is 67.0 Å². The van der Waals surface area contributed by atoms with Crippen molar-refractivity contribution in [3.05, 3.63) is 0 Å². The second kappa shape index (κ2) is 5.13. The summed E-state index contributed by atoms with van der Waals surface area (Å²) in [6.45, 7) is 3.92. The molecule has 11 heavy (non-hydrogen) atoms. The van der Waals surface area contributed by atoms with Gasteiger partial charge in [0.15, 0.2) is 0 Å². The Hall–Kier alpha value is -0.570. The summed E-state index contributed by atoms with van der Waals surface area (Å²) in [7, 11) is 0. The van der Waals surface area contributed by atoms with Gasteiger partial charge in [-0.2, -0.15) is 0 Å². The van der Waals surface area contributed by atoms with Gasteiger partial charge in [-0.3, -0.25) is 4.79 Å². The van der Waals surface area contributed by atoms with E-state index in [0.29, 0.717) is 18.8 Å². The van der Waals surface area contributed by atoms with E-state index in [9.17, 15) is 4.79 Å². The zero-order chi connectivity index (χ0) is 8.85. The monoisotopic (exact) mass is 160 g/mol. The van der Waals surface area contributed by atoms with Crippen molar-refractivity contribution in [2.24, 2.45) is 11.8 Å². The molecule has 0 aliphatic rings. The van der Waals surface area contributed by atoms with Crippen LogP contribution in [0.4, 0.5) is 0 Å². The van der Waals surface area contributed by atoms with Gasteiger partial charge in [-0.15, -0.1) is 0 Å². The van der Waals surface area contributed by atoms with Crippen LogP contribution >= 0.6 is 0 Å². The molecule has 0 spiro atoms. The molecule has 3 heteroatoms. The maximum Gasteiger partial charge on any atom is 0.306 e. The maximum absolute atomic E-state index is 10.5. The lowest BCUT2D eigenvalue weighted by Gasteiger charge is -2.12. The summed E-state index contributed by atoms with van der Waals surface area (Å²) in [5.41, 5.74) is 0. The van der Waals surface area contributed by atoms with Crippen molar-refractivity contribution in [3.63, 3.8) is 0 Å². The van der Waals surface area contributed by atoms with Crippen LogP contribution < -0.4 is 0 Å². The predicted octanol–water partition coefficient (Wildman–Crippen LogP) is 1.12. The molecule has 0 amide bonds. The van der Waals surface area contributed by atoms with Crippen molar-refractivity contribution < 1.29 is 15.0 Å². The Balaban J connectivity index is 3.79. The van der Waals surface area contributed by atoms with E-state index < -0.39 is 5.97 Å². The fourth-order valence-corrected chi connectivity index (χ4v) is 1.07. The molecule has 0 fully saturated rings. The number of carbonyl (C=O) groups is 1. The topological polar surface area (TPSA) is 57.5 Å². The molecule has 0 bridgehead atoms. The summed E-state index contributed by atoms with van der Waals surface area (Å²) < 4.78 is 0. The van der Waals surface area contributed by atoms with E-state index in [1.807, 2.05) is 13.8 Å². The molecular formula is C8H16O3. The van der Waals surface area contributed by atoms with Crippen molar-refractivity contribution in [2.45, 2.75) is 26.7 Å². The van der Waals surface area contributed by atoms with E-state index in [2.05, 4.69) is 0 Å². The molecule has 0 aliphatic heterocycles. The van der Waals surface area contributed by atoms with Crippen LogP contribution in [0.3, 0.4) is 0 Å². The number of aliphatic hydroxyl groups excluding tert-OH is 1. The van der Waals surface area contributed by atoms with Crippen molar-refractivity contribution in [3.8, 4) is 0 Å². The van der Waals surface area contributed by atoms with Gasteiger partial charge in [0.1, 0.15) is 0 Å². The molecule has 0 rings (SSSR count). The normalized spacial score (nSPS) is 13.5. The van der Waals surface area contributed by atoms with Crippen LogP contribution in [0.2, 0.25) is 0 Å². The van der Waals surface area contributed by atoms with Crippen LogP contribution in [0, 0.1) is 11.8 Å². The highest BCUT2D eigenvalue weighted by molar-refractivity contribution is 5.69. The molecule has 0 aromatic heterocycles. The largest absolute Gasteiger partial charge is 0.481 e. The number of carboxylic acids is 1. The zero-order valence-electron chi connectivity index (χ0n) is 7.08. The highest BCUT2D eigenvalue weighted by atomic mass is 16.4. The first-order valence-electron chi connectivity index (χ1n) is 3.91. The van der Waals surface area contributed by atoms with Gasteiger partial charge in [-0.1, -0.05) is 13.8 Å². The van der Waals surface area contributed by atoms with Crippen LogP contribution in [0.15, 0.2) is 0 Å². The smallest absolute Gasteiger partial charge is 0.306 e. The minimum atomic E-state index is -0.798. The molecule has 0 aliphatic carbocycles. The Morgan fingerprint density at radius 2 is 2.00 bits per heavy atom. The summed E-state index contributed by atoms with van der Waals surface area (Å²) in [6.07, 6.45) is 1.02. The highest BCUT2D eigenvalue weighted by Crippen LogP contribution is 2.14. The summed E-state index contributed by atoms with van der Waals surface area (Å²) in [5, 5.41) is 17.2. The van der Waals surface area contributed by atoms with Gasteiger partial charge in [-0.25, -0.2) is 0 Å². The molecule has 0 saturated heterocycles. The first-order chi connectivity index (χ1) is 5.07. The van der Waals surface area contributed by atoms with Crippen LogP contribution in [0.1, 0.15) is 26.7 Å². The van der Waals surface area contributed by atoms with E-state index in [1.54, 1.807) is 0 Å².